The van der Waals surface area contributed by atoms with Crippen molar-refractivity contribution in [2.45, 2.75) is 0 Å². The van der Waals surface area contributed by atoms with Crippen molar-refractivity contribution in [3.63, 3.8) is 0 Å². The molecule has 6 nitrogen and oxygen atoms in total. The molecule has 0 spiro atoms. The first-order valence-electron chi connectivity index (χ1n) is 19.0. The molecule has 4 heterocycles. The van der Waals surface area contributed by atoms with Gasteiger partial charge in [0.15, 0.2) is 17.5 Å². The van der Waals surface area contributed by atoms with Crippen molar-refractivity contribution in [2.75, 3.05) is 0 Å². The van der Waals surface area contributed by atoms with Crippen molar-refractivity contribution in [2.24, 2.45) is 0 Å². The predicted molar refractivity (Wildman–Crippen MR) is 230 cm³/mol. The number of benzene rings is 8. The maximum Gasteiger partial charge on any atom is 0.164 e. The van der Waals surface area contributed by atoms with Crippen LogP contribution in [-0.2, 0) is 0 Å². The molecule has 0 atom stereocenters. The van der Waals surface area contributed by atoms with Gasteiger partial charge in [0.2, 0.25) is 0 Å². The molecule has 6 heteroatoms. The molecule has 0 amide bonds. The lowest BCUT2D eigenvalue weighted by Crippen LogP contribution is -2.01. The molecular weight excluding hydrogens is 701 g/mol. The second-order valence-electron chi connectivity index (χ2n) is 14.3. The van der Waals surface area contributed by atoms with Crippen LogP contribution >= 0.6 is 0 Å². The number of hydrogen-bond donors (Lipinski definition) is 0. The van der Waals surface area contributed by atoms with E-state index in [2.05, 4.69) is 126 Å². The fourth-order valence-corrected chi connectivity index (χ4v) is 8.56. The quantitative estimate of drug-likeness (QED) is 0.176. The van der Waals surface area contributed by atoms with Gasteiger partial charge in [-0.15, -0.1) is 0 Å². The van der Waals surface area contributed by atoms with Gasteiger partial charge in [-0.1, -0.05) is 140 Å². The molecule has 0 saturated carbocycles. The zero-order chi connectivity index (χ0) is 37.5. The monoisotopic (exact) mass is 730 g/mol. The van der Waals surface area contributed by atoms with E-state index in [1.165, 1.54) is 21.8 Å². The molecule has 0 fully saturated rings. The molecule has 4 aromatic heterocycles. The first kappa shape index (κ1) is 31.5. The van der Waals surface area contributed by atoms with E-state index < -0.39 is 0 Å². The second-order valence-corrected chi connectivity index (χ2v) is 14.3. The average molecular weight is 731 g/mol. The van der Waals surface area contributed by atoms with Gasteiger partial charge < -0.3 is 13.4 Å². The van der Waals surface area contributed by atoms with Crippen LogP contribution in [0.25, 0.3) is 117 Å². The smallest absolute Gasteiger partial charge is 0.164 e. The zero-order valence-electron chi connectivity index (χ0n) is 30.4. The minimum Gasteiger partial charge on any atom is -0.456 e. The third-order valence-corrected chi connectivity index (χ3v) is 11.1. The molecule has 266 valence electrons. The average Bonchev–Trinajstić information content (AvgIpc) is 3.96. The second kappa shape index (κ2) is 12.3. The maximum absolute atomic E-state index is 6.30. The molecule has 0 aliphatic carbocycles. The number of fused-ring (bicyclic) bond motifs is 9. The summed E-state index contributed by atoms with van der Waals surface area (Å²) in [5.74, 6) is 1.71. The summed E-state index contributed by atoms with van der Waals surface area (Å²) in [7, 11) is 0. The highest BCUT2D eigenvalue weighted by Crippen LogP contribution is 2.41. The standard InChI is InChI=1S/C51H30N4O2/c1-2-13-33(14-3-1)55-41-22-7-4-15-35(41)36-19-10-18-34(48(36)55)31-27-29-32(30-28-31)49-52-50(39-20-11-25-44-46(39)37-16-5-8-23-42(37)56-44)54-51(53-49)40-21-12-26-45-47(40)38-17-6-9-24-43(38)57-45/h1-30H. The molecule has 57 heavy (non-hydrogen) atoms. The van der Waals surface area contributed by atoms with Crippen LogP contribution in [0.3, 0.4) is 0 Å². The lowest BCUT2D eigenvalue weighted by Gasteiger charge is -2.12. The van der Waals surface area contributed by atoms with Crippen LogP contribution in [0, 0.1) is 0 Å². The Morgan fingerprint density at radius 2 is 0.807 bits per heavy atom. The number of hydrogen-bond acceptors (Lipinski definition) is 5. The molecule has 0 aliphatic heterocycles. The fourth-order valence-electron chi connectivity index (χ4n) is 8.56. The highest BCUT2D eigenvalue weighted by Gasteiger charge is 2.21. The molecule has 12 aromatic rings. The summed E-state index contributed by atoms with van der Waals surface area (Å²) in [6, 6.07) is 62.7. The fraction of sp³-hybridized carbons (Fsp3) is 0. The summed E-state index contributed by atoms with van der Waals surface area (Å²) in [5.41, 5.74) is 11.6. The molecule has 12 rings (SSSR count). The van der Waals surface area contributed by atoms with Crippen LogP contribution in [0.1, 0.15) is 0 Å². The van der Waals surface area contributed by atoms with Crippen LogP contribution in [0.15, 0.2) is 191 Å². The van der Waals surface area contributed by atoms with E-state index in [-0.39, 0.29) is 0 Å². The van der Waals surface area contributed by atoms with E-state index in [0.717, 1.165) is 77.4 Å². The third-order valence-electron chi connectivity index (χ3n) is 11.1. The van der Waals surface area contributed by atoms with E-state index >= 15 is 0 Å². The molecule has 0 N–H and O–H groups in total. The summed E-state index contributed by atoms with van der Waals surface area (Å²) < 4.78 is 15.0. The van der Waals surface area contributed by atoms with E-state index in [1.807, 2.05) is 60.7 Å². The Morgan fingerprint density at radius 3 is 1.46 bits per heavy atom. The Kier molecular flexibility index (Phi) is 6.83. The molecule has 0 aliphatic rings. The Morgan fingerprint density at radius 1 is 0.333 bits per heavy atom. The SMILES string of the molecule is c1ccc(-n2c3ccccc3c3cccc(-c4ccc(-c5nc(-c6cccc7oc8ccccc8c67)nc(-c6cccc7oc8ccccc8c67)n5)cc4)c32)cc1. The first-order valence-corrected chi connectivity index (χ1v) is 19.0. The van der Waals surface area contributed by atoms with Crippen molar-refractivity contribution in [3.05, 3.63) is 182 Å². The Bertz CT molecular complexity index is 3390. The number of aromatic nitrogens is 4. The topological polar surface area (TPSA) is 69.9 Å². The summed E-state index contributed by atoms with van der Waals surface area (Å²) in [4.78, 5) is 15.6. The summed E-state index contributed by atoms with van der Waals surface area (Å²) in [6.07, 6.45) is 0. The summed E-state index contributed by atoms with van der Waals surface area (Å²) in [6.45, 7) is 0. The molecule has 0 saturated heterocycles. The summed E-state index contributed by atoms with van der Waals surface area (Å²) in [5, 5.41) is 6.41. The van der Waals surface area contributed by atoms with Gasteiger partial charge in [-0.25, -0.2) is 15.0 Å². The Hall–Kier alpha value is -7.83. The van der Waals surface area contributed by atoms with Gasteiger partial charge in [0.1, 0.15) is 22.3 Å². The number of nitrogens with zero attached hydrogens (tertiary/aromatic N) is 4. The van der Waals surface area contributed by atoms with E-state index in [1.54, 1.807) is 0 Å². The van der Waals surface area contributed by atoms with Gasteiger partial charge in [-0.05, 0) is 48.0 Å². The van der Waals surface area contributed by atoms with Crippen molar-refractivity contribution in [1.82, 2.24) is 19.5 Å². The minimum atomic E-state index is 0.568. The zero-order valence-corrected chi connectivity index (χ0v) is 30.4. The highest BCUT2D eigenvalue weighted by molar-refractivity contribution is 6.15. The minimum absolute atomic E-state index is 0.568. The Labute approximate surface area is 325 Å². The lowest BCUT2D eigenvalue weighted by atomic mass is 10.0. The number of furan rings is 2. The lowest BCUT2D eigenvalue weighted by molar-refractivity contribution is 0.668. The largest absolute Gasteiger partial charge is 0.456 e. The van der Waals surface area contributed by atoms with Gasteiger partial charge in [0, 0.05) is 60.3 Å². The number of rotatable bonds is 5. The van der Waals surface area contributed by atoms with Gasteiger partial charge in [0.05, 0.1) is 11.0 Å². The van der Waals surface area contributed by atoms with Gasteiger partial charge in [-0.2, -0.15) is 0 Å². The molecular formula is C51H30N4O2. The van der Waals surface area contributed by atoms with E-state index in [4.69, 9.17) is 23.8 Å². The summed E-state index contributed by atoms with van der Waals surface area (Å²) >= 11 is 0. The van der Waals surface area contributed by atoms with Crippen molar-refractivity contribution in [3.8, 4) is 51.0 Å². The van der Waals surface area contributed by atoms with Crippen LogP contribution in [0.4, 0.5) is 0 Å². The van der Waals surface area contributed by atoms with Crippen LogP contribution < -0.4 is 0 Å². The van der Waals surface area contributed by atoms with Crippen molar-refractivity contribution >= 4 is 65.7 Å². The normalized spacial score (nSPS) is 11.9. The van der Waals surface area contributed by atoms with Gasteiger partial charge in [-0.3, -0.25) is 0 Å². The molecule has 0 unspecified atom stereocenters. The number of para-hydroxylation sites is 5. The van der Waals surface area contributed by atoms with Crippen LogP contribution in [0.5, 0.6) is 0 Å². The van der Waals surface area contributed by atoms with E-state index in [0.29, 0.717) is 17.5 Å². The van der Waals surface area contributed by atoms with Gasteiger partial charge in [0.25, 0.3) is 0 Å². The predicted octanol–water partition coefficient (Wildman–Crippen LogP) is 13.4. The molecule has 8 aromatic carbocycles. The first-order chi connectivity index (χ1) is 28.3. The third kappa shape index (κ3) is 4.87. The van der Waals surface area contributed by atoms with Crippen LogP contribution in [-0.4, -0.2) is 19.5 Å². The maximum atomic E-state index is 6.30. The van der Waals surface area contributed by atoms with Crippen LogP contribution in [0.2, 0.25) is 0 Å². The van der Waals surface area contributed by atoms with Crippen molar-refractivity contribution in [1.29, 1.82) is 0 Å². The Balaban J connectivity index is 1.07. The molecule has 0 bridgehead atoms. The van der Waals surface area contributed by atoms with Gasteiger partial charge >= 0.3 is 0 Å². The molecule has 0 radical (unpaired) electrons. The van der Waals surface area contributed by atoms with E-state index in [9.17, 15) is 0 Å². The highest BCUT2D eigenvalue weighted by atomic mass is 16.3. The van der Waals surface area contributed by atoms with Crippen molar-refractivity contribution < 1.29 is 8.83 Å².